The number of carboxylic acid groups (broad SMARTS) is 1. The van der Waals surface area contributed by atoms with Gasteiger partial charge in [0.2, 0.25) is 6.79 Å². The monoisotopic (exact) mass is 351 g/mol. The molecule has 2 aliphatic heterocycles. The fourth-order valence-corrected chi connectivity index (χ4v) is 3.14. The van der Waals surface area contributed by atoms with Gasteiger partial charge in [0.05, 0.1) is 16.8 Å². The van der Waals surface area contributed by atoms with Gasteiger partial charge >= 0.3 is 5.97 Å². The highest BCUT2D eigenvalue weighted by Crippen LogP contribution is 2.39. The zero-order chi connectivity index (χ0) is 17.7. The molecule has 0 unspecified atom stereocenters. The second kappa shape index (κ2) is 5.52. The van der Waals surface area contributed by atoms with E-state index in [1.165, 1.54) is 0 Å². The van der Waals surface area contributed by atoms with Gasteiger partial charge in [-0.2, -0.15) is 0 Å². The SMILES string of the molecule is O=C(O)c1cc(-c2ccc3c(c2)OCO3)nc2cc3c(cc12)OCCO3. The van der Waals surface area contributed by atoms with E-state index in [-0.39, 0.29) is 12.4 Å². The molecule has 2 aliphatic rings. The normalized spacial score (nSPS) is 14.5. The fourth-order valence-electron chi connectivity index (χ4n) is 3.14. The zero-order valence-corrected chi connectivity index (χ0v) is 13.5. The third kappa shape index (κ3) is 2.28. The predicted molar refractivity (Wildman–Crippen MR) is 91.3 cm³/mol. The van der Waals surface area contributed by atoms with Crippen molar-refractivity contribution in [3.63, 3.8) is 0 Å². The molecule has 130 valence electrons. The number of pyridine rings is 1. The summed E-state index contributed by atoms with van der Waals surface area (Å²) in [5.74, 6) is 1.34. The summed E-state index contributed by atoms with van der Waals surface area (Å²) < 4.78 is 21.9. The average molecular weight is 351 g/mol. The minimum atomic E-state index is -1.03. The second-order valence-electron chi connectivity index (χ2n) is 5.94. The maximum absolute atomic E-state index is 11.8. The lowest BCUT2D eigenvalue weighted by atomic mass is 10.0. The number of fused-ring (bicyclic) bond motifs is 3. The Morgan fingerprint density at radius 2 is 1.62 bits per heavy atom. The van der Waals surface area contributed by atoms with E-state index in [1.807, 2.05) is 6.07 Å². The molecule has 3 aromatic rings. The molecule has 0 bridgehead atoms. The number of carboxylic acids is 1. The van der Waals surface area contributed by atoms with E-state index in [9.17, 15) is 9.90 Å². The third-order valence-corrected chi connectivity index (χ3v) is 4.37. The maximum Gasteiger partial charge on any atom is 0.336 e. The van der Waals surface area contributed by atoms with Gasteiger partial charge in [-0.15, -0.1) is 0 Å². The number of nitrogens with zero attached hydrogens (tertiary/aromatic N) is 1. The van der Waals surface area contributed by atoms with Gasteiger partial charge in [-0.1, -0.05) is 0 Å². The van der Waals surface area contributed by atoms with Crippen molar-refractivity contribution in [1.29, 1.82) is 0 Å². The number of aromatic nitrogens is 1. The summed E-state index contributed by atoms with van der Waals surface area (Å²) in [6.45, 7) is 1.06. The molecule has 1 N–H and O–H groups in total. The predicted octanol–water partition coefficient (Wildman–Crippen LogP) is 3.10. The quantitative estimate of drug-likeness (QED) is 0.759. The van der Waals surface area contributed by atoms with Crippen LogP contribution in [0.2, 0.25) is 0 Å². The number of ether oxygens (including phenoxy) is 4. The van der Waals surface area contributed by atoms with Crippen LogP contribution in [0.5, 0.6) is 23.0 Å². The fraction of sp³-hybridized carbons (Fsp3) is 0.158. The van der Waals surface area contributed by atoms with Gasteiger partial charge in [0, 0.05) is 17.0 Å². The van der Waals surface area contributed by atoms with Gasteiger partial charge in [-0.25, -0.2) is 9.78 Å². The van der Waals surface area contributed by atoms with Crippen LogP contribution in [0, 0.1) is 0 Å². The Hall–Kier alpha value is -3.48. The topological polar surface area (TPSA) is 87.1 Å². The Balaban J connectivity index is 1.72. The highest BCUT2D eigenvalue weighted by atomic mass is 16.7. The summed E-state index contributed by atoms with van der Waals surface area (Å²) in [5.41, 5.74) is 1.96. The van der Waals surface area contributed by atoms with Crippen LogP contribution in [-0.2, 0) is 0 Å². The summed E-state index contributed by atoms with van der Waals surface area (Å²) in [4.78, 5) is 16.4. The summed E-state index contributed by atoms with van der Waals surface area (Å²) >= 11 is 0. The molecule has 1 aromatic heterocycles. The lowest BCUT2D eigenvalue weighted by molar-refractivity contribution is 0.0699. The van der Waals surface area contributed by atoms with Crippen LogP contribution < -0.4 is 18.9 Å². The van der Waals surface area contributed by atoms with Crippen molar-refractivity contribution in [2.24, 2.45) is 0 Å². The minimum absolute atomic E-state index is 0.152. The summed E-state index contributed by atoms with van der Waals surface area (Å²) in [6.07, 6.45) is 0. The van der Waals surface area contributed by atoms with Crippen LogP contribution in [0.4, 0.5) is 0 Å². The molecule has 0 fully saturated rings. The number of benzene rings is 2. The molecule has 26 heavy (non-hydrogen) atoms. The molecule has 0 spiro atoms. The van der Waals surface area contributed by atoms with Gasteiger partial charge in [0.1, 0.15) is 13.2 Å². The zero-order valence-electron chi connectivity index (χ0n) is 13.5. The number of hydrogen-bond donors (Lipinski definition) is 1. The molecule has 0 saturated carbocycles. The molecule has 0 aliphatic carbocycles. The Morgan fingerprint density at radius 3 is 2.42 bits per heavy atom. The molecular formula is C19H13NO6. The molecule has 0 radical (unpaired) electrons. The van der Waals surface area contributed by atoms with E-state index in [4.69, 9.17) is 18.9 Å². The van der Waals surface area contributed by atoms with E-state index < -0.39 is 5.97 Å². The van der Waals surface area contributed by atoms with Crippen molar-refractivity contribution >= 4 is 16.9 Å². The molecule has 0 atom stereocenters. The Bertz CT molecular complexity index is 1060. The molecule has 0 amide bonds. The maximum atomic E-state index is 11.8. The highest BCUT2D eigenvalue weighted by molar-refractivity contribution is 6.04. The molecule has 7 nitrogen and oxygen atoms in total. The Morgan fingerprint density at radius 1 is 0.885 bits per heavy atom. The van der Waals surface area contributed by atoms with Gasteiger partial charge in [-0.05, 0) is 30.3 Å². The lowest BCUT2D eigenvalue weighted by Crippen LogP contribution is -2.15. The van der Waals surface area contributed by atoms with Crippen molar-refractivity contribution < 1.29 is 28.8 Å². The van der Waals surface area contributed by atoms with Gasteiger partial charge in [0.15, 0.2) is 23.0 Å². The van der Waals surface area contributed by atoms with Crippen LogP contribution in [-0.4, -0.2) is 36.1 Å². The minimum Gasteiger partial charge on any atom is -0.486 e. The van der Waals surface area contributed by atoms with Gasteiger partial charge < -0.3 is 24.1 Å². The highest BCUT2D eigenvalue weighted by Gasteiger charge is 2.20. The van der Waals surface area contributed by atoms with E-state index in [2.05, 4.69) is 4.98 Å². The van der Waals surface area contributed by atoms with Crippen LogP contribution in [0.25, 0.3) is 22.2 Å². The first-order chi connectivity index (χ1) is 12.7. The summed E-state index contributed by atoms with van der Waals surface area (Å²) in [5, 5.41) is 10.2. The van der Waals surface area contributed by atoms with Crippen molar-refractivity contribution in [3.8, 4) is 34.3 Å². The Kier molecular flexibility index (Phi) is 3.15. The molecule has 0 saturated heterocycles. The number of carbonyl (C=O) groups is 1. The summed E-state index contributed by atoms with van der Waals surface area (Å²) in [6, 6.07) is 10.3. The van der Waals surface area contributed by atoms with E-state index >= 15 is 0 Å². The number of rotatable bonds is 2. The van der Waals surface area contributed by atoms with Crippen LogP contribution in [0.3, 0.4) is 0 Å². The molecule has 5 rings (SSSR count). The second-order valence-corrected chi connectivity index (χ2v) is 5.94. The van der Waals surface area contributed by atoms with Crippen molar-refractivity contribution in [2.45, 2.75) is 0 Å². The molecule has 3 heterocycles. The van der Waals surface area contributed by atoms with Crippen molar-refractivity contribution in [2.75, 3.05) is 20.0 Å². The standard InChI is InChI=1S/C19H13NO6/c21-19(22)12-6-13(10-1-2-15-16(5-10)26-9-25-15)20-14-8-18-17(7-11(12)14)23-3-4-24-18/h1-2,5-8H,3-4,9H2,(H,21,22). The lowest BCUT2D eigenvalue weighted by Gasteiger charge is -2.19. The largest absolute Gasteiger partial charge is 0.486 e. The summed E-state index contributed by atoms with van der Waals surface area (Å²) in [7, 11) is 0. The van der Waals surface area contributed by atoms with Gasteiger partial charge in [-0.3, -0.25) is 0 Å². The number of aromatic carboxylic acids is 1. The average Bonchev–Trinajstić information content (AvgIpc) is 3.13. The number of hydrogen-bond acceptors (Lipinski definition) is 6. The van der Waals surface area contributed by atoms with E-state index in [0.29, 0.717) is 52.8 Å². The first kappa shape index (κ1) is 14.8. The molecule has 2 aromatic carbocycles. The van der Waals surface area contributed by atoms with E-state index in [1.54, 1.807) is 30.3 Å². The van der Waals surface area contributed by atoms with Crippen molar-refractivity contribution in [3.05, 3.63) is 42.0 Å². The first-order valence-electron chi connectivity index (χ1n) is 8.07. The smallest absolute Gasteiger partial charge is 0.336 e. The van der Waals surface area contributed by atoms with Crippen molar-refractivity contribution in [1.82, 2.24) is 4.98 Å². The van der Waals surface area contributed by atoms with Crippen LogP contribution >= 0.6 is 0 Å². The molecular weight excluding hydrogens is 338 g/mol. The van der Waals surface area contributed by atoms with Crippen LogP contribution in [0.15, 0.2) is 36.4 Å². The first-order valence-corrected chi connectivity index (χ1v) is 8.07. The van der Waals surface area contributed by atoms with E-state index in [0.717, 1.165) is 5.56 Å². The van der Waals surface area contributed by atoms with Crippen LogP contribution in [0.1, 0.15) is 10.4 Å². The Labute approximate surface area is 147 Å². The molecule has 7 heteroatoms. The van der Waals surface area contributed by atoms with Gasteiger partial charge in [0.25, 0.3) is 0 Å². The third-order valence-electron chi connectivity index (χ3n) is 4.37.